The van der Waals surface area contributed by atoms with Crippen molar-refractivity contribution in [1.82, 2.24) is 5.32 Å². The van der Waals surface area contributed by atoms with Crippen molar-refractivity contribution in [2.24, 2.45) is 5.92 Å². The fourth-order valence-electron chi connectivity index (χ4n) is 2.10. The molecule has 0 heterocycles. The normalized spacial score (nSPS) is 13.5. The third kappa shape index (κ3) is 6.40. The van der Waals surface area contributed by atoms with E-state index < -0.39 is 17.4 Å². The maximum atomic E-state index is 12.0. The Morgan fingerprint density at radius 1 is 1.22 bits per heavy atom. The van der Waals surface area contributed by atoms with Gasteiger partial charge in [-0.25, -0.2) is 0 Å². The zero-order valence-corrected chi connectivity index (χ0v) is 14.7. The number of rotatable bonds is 6. The summed E-state index contributed by atoms with van der Waals surface area (Å²) in [6.45, 7) is 9.70. The molecule has 3 N–H and O–H groups in total. The van der Waals surface area contributed by atoms with E-state index in [4.69, 9.17) is 0 Å². The zero-order valence-electron chi connectivity index (χ0n) is 14.7. The van der Waals surface area contributed by atoms with Gasteiger partial charge in [-0.15, -0.1) is 0 Å². The number of hydrogen-bond donors (Lipinski definition) is 3. The number of anilines is 1. The van der Waals surface area contributed by atoms with E-state index in [1.807, 2.05) is 26.0 Å². The van der Waals surface area contributed by atoms with Crippen LogP contribution in [-0.2, 0) is 9.59 Å². The molecule has 0 aliphatic heterocycles. The van der Waals surface area contributed by atoms with Gasteiger partial charge in [0.05, 0.1) is 5.60 Å². The van der Waals surface area contributed by atoms with Crippen LogP contribution in [0.1, 0.15) is 44.7 Å². The van der Waals surface area contributed by atoms with Gasteiger partial charge in [-0.2, -0.15) is 0 Å². The minimum absolute atomic E-state index is 0.0543. The molecule has 23 heavy (non-hydrogen) atoms. The SMILES string of the molecule is Cc1cccc(NC(=O)C(=O)NCC(C)(O)CCC(C)C)c1C. The van der Waals surface area contributed by atoms with Gasteiger partial charge in [-0.3, -0.25) is 9.59 Å². The molecule has 0 radical (unpaired) electrons. The molecule has 5 nitrogen and oxygen atoms in total. The number of benzene rings is 1. The van der Waals surface area contributed by atoms with Crippen LogP contribution in [0.15, 0.2) is 18.2 Å². The van der Waals surface area contributed by atoms with E-state index in [0.29, 0.717) is 18.0 Å². The molecule has 0 spiro atoms. The summed E-state index contributed by atoms with van der Waals surface area (Å²) in [7, 11) is 0. The van der Waals surface area contributed by atoms with Crippen LogP contribution in [0.4, 0.5) is 5.69 Å². The minimum Gasteiger partial charge on any atom is -0.388 e. The minimum atomic E-state index is -1.01. The number of hydrogen-bond acceptors (Lipinski definition) is 3. The molecule has 0 saturated carbocycles. The van der Waals surface area contributed by atoms with Crippen LogP contribution >= 0.6 is 0 Å². The molecule has 5 heteroatoms. The summed E-state index contributed by atoms with van der Waals surface area (Å²) in [6, 6.07) is 5.52. The summed E-state index contributed by atoms with van der Waals surface area (Å²) in [6.07, 6.45) is 1.43. The second-order valence-corrected chi connectivity index (χ2v) is 6.81. The smallest absolute Gasteiger partial charge is 0.313 e. The van der Waals surface area contributed by atoms with Crippen LogP contribution in [0.25, 0.3) is 0 Å². The van der Waals surface area contributed by atoms with Crippen LogP contribution in [0, 0.1) is 19.8 Å². The molecule has 128 valence electrons. The highest BCUT2D eigenvalue weighted by atomic mass is 16.3. The first-order chi connectivity index (χ1) is 10.6. The number of aryl methyl sites for hydroxylation is 1. The van der Waals surface area contributed by atoms with Gasteiger partial charge in [-0.1, -0.05) is 26.0 Å². The lowest BCUT2D eigenvalue weighted by molar-refractivity contribution is -0.136. The molecule has 0 aliphatic rings. The lowest BCUT2D eigenvalue weighted by Crippen LogP contribution is -2.44. The molecule has 0 aliphatic carbocycles. The van der Waals surface area contributed by atoms with E-state index >= 15 is 0 Å². The average molecular weight is 320 g/mol. The molecule has 1 aromatic carbocycles. The predicted octanol–water partition coefficient (Wildman–Crippen LogP) is 2.55. The van der Waals surface area contributed by atoms with Gasteiger partial charge in [0.25, 0.3) is 0 Å². The van der Waals surface area contributed by atoms with Crippen molar-refractivity contribution in [3.63, 3.8) is 0 Å². The van der Waals surface area contributed by atoms with Gasteiger partial charge < -0.3 is 15.7 Å². The summed E-state index contributed by atoms with van der Waals surface area (Å²) >= 11 is 0. The molecule has 0 aromatic heterocycles. The lowest BCUT2D eigenvalue weighted by Gasteiger charge is -2.24. The summed E-state index contributed by atoms with van der Waals surface area (Å²) in [5.41, 5.74) is 1.58. The van der Waals surface area contributed by atoms with Gasteiger partial charge in [0.2, 0.25) is 0 Å². The Morgan fingerprint density at radius 2 is 1.87 bits per heavy atom. The highest BCUT2D eigenvalue weighted by Crippen LogP contribution is 2.18. The largest absolute Gasteiger partial charge is 0.388 e. The van der Waals surface area contributed by atoms with E-state index in [1.54, 1.807) is 13.0 Å². The maximum Gasteiger partial charge on any atom is 0.313 e. The van der Waals surface area contributed by atoms with E-state index in [0.717, 1.165) is 17.5 Å². The Morgan fingerprint density at radius 3 is 2.48 bits per heavy atom. The van der Waals surface area contributed by atoms with Gasteiger partial charge in [0.15, 0.2) is 0 Å². The fraction of sp³-hybridized carbons (Fsp3) is 0.556. The van der Waals surface area contributed by atoms with Gasteiger partial charge in [0.1, 0.15) is 0 Å². The van der Waals surface area contributed by atoms with E-state index in [9.17, 15) is 14.7 Å². The Bertz CT molecular complexity index is 565. The molecule has 1 unspecified atom stereocenters. The number of amides is 2. The second-order valence-electron chi connectivity index (χ2n) is 6.81. The van der Waals surface area contributed by atoms with Crippen molar-refractivity contribution >= 4 is 17.5 Å². The molecule has 2 amide bonds. The third-order valence-electron chi connectivity index (χ3n) is 3.95. The van der Waals surface area contributed by atoms with Gasteiger partial charge in [0, 0.05) is 12.2 Å². The Balaban J connectivity index is 2.54. The number of carbonyl (C=O) groups is 2. The van der Waals surface area contributed by atoms with Crippen LogP contribution < -0.4 is 10.6 Å². The van der Waals surface area contributed by atoms with Gasteiger partial charge in [-0.05, 0) is 56.7 Å². The molecule has 0 bridgehead atoms. The van der Waals surface area contributed by atoms with Crippen LogP contribution in [0.3, 0.4) is 0 Å². The second kappa shape index (κ2) is 8.11. The van der Waals surface area contributed by atoms with Crippen molar-refractivity contribution in [3.8, 4) is 0 Å². The molecule has 1 atom stereocenters. The average Bonchev–Trinajstić information content (AvgIpc) is 2.47. The quantitative estimate of drug-likeness (QED) is 0.705. The molecule has 0 saturated heterocycles. The zero-order chi connectivity index (χ0) is 17.6. The first kappa shape index (κ1) is 19.2. The molecular formula is C18H28N2O3. The molecule has 0 fully saturated rings. The van der Waals surface area contributed by atoms with Gasteiger partial charge >= 0.3 is 11.8 Å². The van der Waals surface area contributed by atoms with E-state index in [1.165, 1.54) is 0 Å². The van der Waals surface area contributed by atoms with Crippen molar-refractivity contribution in [2.75, 3.05) is 11.9 Å². The number of nitrogens with one attached hydrogen (secondary N) is 2. The Hall–Kier alpha value is -1.88. The van der Waals surface area contributed by atoms with Crippen molar-refractivity contribution < 1.29 is 14.7 Å². The van der Waals surface area contributed by atoms with Crippen molar-refractivity contribution in [1.29, 1.82) is 0 Å². The molecule has 1 rings (SSSR count). The van der Waals surface area contributed by atoms with Crippen molar-refractivity contribution in [2.45, 2.75) is 53.1 Å². The molecule has 1 aromatic rings. The topological polar surface area (TPSA) is 78.4 Å². The standard InChI is InChI=1S/C18H28N2O3/c1-12(2)9-10-18(5,23)11-19-16(21)17(22)20-15-8-6-7-13(3)14(15)4/h6-8,12,23H,9-11H2,1-5H3,(H,19,21)(H,20,22). The first-order valence-electron chi connectivity index (χ1n) is 8.00. The summed E-state index contributed by atoms with van der Waals surface area (Å²) in [4.78, 5) is 23.8. The summed E-state index contributed by atoms with van der Waals surface area (Å²) in [5, 5.41) is 15.3. The predicted molar refractivity (Wildman–Crippen MR) is 92.3 cm³/mol. The van der Waals surface area contributed by atoms with Crippen LogP contribution in [0.2, 0.25) is 0 Å². The molecular weight excluding hydrogens is 292 g/mol. The number of carbonyl (C=O) groups excluding carboxylic acids is 2. The Labute approximate surface area is 138 Å². The van der Waals surface area contributed by atoms with E-state index in [-0.39, 0.29) is 6.54 Å². The first-order valence-corrected chi connectivity index (χ1v) is 8.00. The summed E-state index contributed by atoms with van der Waals surface area (Å²) in [5.74, 6) is -0.987. The Kier molecular flexibility index (Phi) is 6.76. The fourth-order valence-corrected chi connectivity index (χ4v) is 2.10. The van der Waals surface area contributed by atoms with Crippen molar-refractivity contribution in [3.05, 3.63) is 29.3 Å². The highest BCUT2D eigenvalue weighted by Gasteiger charge is 2.23. The van der Waals surface area contributed by atoms with E-state index in [2.05, 4.69) is 24.5 Å². The van der Waals surface area contributed by atoms with Crippen LogP contribution in [0.5, 0.6) is 0 Å². The lowest BCUT2D eigenvalue weighted by atomic mass is 9.95. The summed E-state index contributed by atoms with van der Waals surface area (Å²) < 4.78 is 0. The monoisotopic (exact) mass is 320 g/mol. The van der Waals surface area contributed by atoms with Crippen LogP contribution in [-0.4, -0.2) is 29.1 Å². The third-order valence-corrected chi connectivity index (χ3v) is 3.95. The maximum absolute atomic E-state index is 12.0. The number of aliphatic hydroxyl groups is 1. The highest BCUT2D eigenvalue weighted by molar-refractivity contribution is 6.39.